The summed E-state index contributed by atoms with van der Waals surface area (Å²) in [5, 5.41) is 10.6. The van der Waals surface area contributed by atoms with E-state index in [0.717, 1.165) is 38.2 Å². The van der Waals surface area contributed by atoms with E-state index in [9.17, 15) is 10.1 Å². The number of nitrogens with zero attached hydrogens (tertiary/aromatic N) is 2. The normalized spacial score (nSPS) is 19.8. The molecule has 1 unspecified atom stereocenters. The maximum atomic E-state index is 10.6. The molecule has 0 aromatic heterocycles. The van der Waals surface area contributed by atoms with Gasteiger partial charge in [0, 0.05) is 37.5 Å². The van der Waals surface area contributed by atoms with Crippen LogP contribution in [-0.4, -0.2) is 30.7 Å². The molecule has 0 radical (unpaired) electrons. The van der Waals surface area contributed by atoms with E-state index < -0.39 is 0 Å². The summed E-state index contributed by atoms with van der Waals surface area (Å²) in [6.07, 6.45) is 2.47. The minimum absolute atomic E-state index is 0.136. The van der Waals surface area contributed by atoms with Gasteiger partial charge in [0.25, 0.3) is 5.69 Å². The molecule has 0 saturated carbocycles. The van der Waals surface area contributed by atoms with Gasteiger partial charge in [-0.2, -0.15) is 0 Å². The van der Waals surface area contributed by atoms with Crippen molar-refractivity contribution in [2.45, 2.75) is 25.9 Å². The zero-order valence-electron chi connectivity index (χ0n) is 10.5. The van der Waals surface area contributed by atoms with Crippen LogP contribution in [0.15, 0.2) is 24.3 Å². The third-order valence-electron chi connectivity index (χ3n) is 3.21. The Labute approximate surface area is 107 Å². The van der Waals surface area contributed by atoms with E-state index >= 15 is 0 Å². The van der Waals surface area contributed by atoms with E-state index in [1.165, 1.54) is 0 Å². The largest absolute Gasteiger partial charge is 0.377 e. The Kier molecular flexibility index (Phi) is 4.15. The maximum absolute atomic E-state index is 10.6. The van der Waals surface area contributed by atoms with Crippen LogP contribution >= 0.6 is 0 Å². The van der Waals surface area contributed by atoms with E-state index in [1.54, 1.807) is 12.1 Å². The summed E-state index contributed by atoms with van der Waals surface area (Å²) in [5.74, 6) is 0. The molecule has 1 atom stereocenters. The Hall–Kier alpha value is -1.62. The molecule has 1 fully saturated rings. The third kappa shape index (κ3) is 2.98. The van der Waals surface area contributed by atoms with Gasteiger partial charge in [0.1, 0.15) is 0 Å². The highest BCUT2D eigenvalue weighted by Gasteiger charge is 2.20. The predicted molar refractivity (Wildman–Crippen MR) is 70.0 cm³/mol. The molecule has 0 N–H and O–H groups in total. The van der Waals surface area contributed by atoms with Gasteiger partial charge in [0.15, 0.2) is 0 Å². The Balaban J connectivity index is 2.04. The fourth-order valence-electron chi connectivity index (χ4n) is 2.33. The highest BCUT2D eigenvalue weighted by atomic mass is 16.6. The molecule has 5 nitrogen and oxygen atoms in total. The lowest BCUT2D eigenvalue weighted by Crippen LogP contribution is -2.39. The number of hydrogen-bond acceptors (Lipinski definition) is 4. The minimum Gasteiger partial charge on any atom is -0.377 e. The smallest absolute Gasteiger partial charge is 0.269 e. The number of piperidine rings is 1. The Bertz CT molecular complexity index is 403. The van der Waals surface area contributed by atoms with Crippen LogP contribution in [0.4, 0.5) is 11.4 Å². The molecule has 1 aliphatic heterocycles. The van der Waals surface area contributed by atoms with Gasteiger partial charge in [-0.1, -0.05) is 0 Å². The molecule has 1 aromatic carbocycles. The third-order valence-corrected chi connectivity index (χ3v) is 3.21. The Morgan fingerprint density at radius 2 is 2.17 bits per heavy atom. The van der Waals surface area contributed by atoms with Crippen molar-refractivity contribution in [3.05, 3.63) is 34.4 Å². The molecular formula is C13H18N2O3. The number of ether oxygens (including phenoxy) is 1. The topological polar surface area (TPSA) is 55.6 Å². The summed E-state index contributed by atoms with van der Waals surface area (Å²) in [6, 6.07) is 6.73. The van der Waals surface area contributed by atoms with E-state index in [1.807, 2.05) is 19.1 Å². The van der Waals surface area contributed by atoms with Crippen LogP contribution in [0, 0.1) is 10.1 Å². The van der Waals surface area contributed by atoms with Crippen molar-refractivity contribution in [2.24, 2.45) is 0 Å². The lowest BCUT2D eigenvalue weighted by atomic mass is 10.1. The molecule has 0 amide bonds. The van der Waals surface area contributed by atoms with Gasteiger partial charge in [-0.15, -0.1) is 0 Å². The lowest BCUT2D eigenvalue weighted by Gasteiger charge is -2.34. The van der Waals surface area contributed by atoms with Crippen molar-refractivity contribution < 1.29 is 9.66 Å². The zero-order valence-corrected chi connectivity index (χ0v) is 10.5. The van der Waals surface area contributed by atoms with Crippen LogP contribution in [0.5, 0.6) is 0 Å². The SMILES string of the molecule is CCOC1CCCN(c2ccc([N+](=O)[O-])cc2)C1. The van der Waals surface area contributed by atoms with Crippen LogP contribution < -0.4 is 4.90 Å². The molecule has 5 heteroatoms. The van der Waals surface area contributed by atoms with E-state index in [2.05, 4.69) is 4.90 Å². The van der Waals surface area contributed by atoms with Crippen LogP contribution in [0.3, 0.4) is 0 Å². The minimum atomic E-state index is -0.372. The molecule has 0 bridgehead atoms. The first kappa shape index (κ1) is 12.8. The number of non-ortho nitro benzene ring substituents is 1. The molecule has 18 heavy (non-hydrogen) atoms. The second-order valence-corrected chi connectivity index (χ2v) is 4.44. The highest BCUT2D eigenvalue weighted by Crippen LogP contribution is 2.23. The molecule has 1 heterocycles. The second kappa shape index (κ2) is 5.82. The first-order valence-electron chi connectivity index (χ1n) is 6.31. The number of nitro benzene ring substituents is 1. The van der Waals surface area contributed by atoms with Crippen LogP contribution in [0.2, 0.25) is 0 Å². The quantitative estimate of drug-likeness (QED) is 0.609. The standard InChI is InChI=1S/C13H18N2O3/c1-2-18-13-4-3-9-14(10-13)11-5-7-12(8-6-11)15(16)17/h5-8,13H,2-4,9-10H2,1H3. The number of anilines is 1. The molecule has 1 aromatic rings. The predicted octanol–water partition coefficient (Wildman–Crippen LogP) is 2.60. The van der Waals surface area contributed by atoms with E-state index in [-0.39, 0.29) is 16.7 Å². The molecule has 0 aliphatic carbocycles. The fraction of sp³-hybridized carbons (Fsp3) is 0.538. The van der Waals surface area contributed by atoms with Gasteiger partial charge >= 0.3 is 0 Å². The fourth-order valence-corrected chi connectivity index (χ4v) is 2.33. The summed E-state index contributed by atoms with van der Waals surface area (Å²) < 4.78 is 5.65. The van der Waals surface area contributed by atoms with Crippen molar-refractivity contribution in [2.75, 3.05) is 24.6 Å². The molecular weight excluding hydrogens is 232 g/mol. The van der Waals surface area contributed by atoms with Gasteiger partial charge in [-0.3, -0.25) is 10.1 Å². The van der Waals surface area contributed by atoms with Gasteiger partial charge in [-0.25, -0.2) is 0 Å². The molecule has 98 valence electrons. The van der Waals surface area contributed by atoms with Gasteiger partial charge in [0.05, 0.1) is 11.0 Å². The molecule has 2 rings (SSSR count). The van der Waals surface area contributed by atoms with Crippen LogP contribution in [0.25, 0.3) is 0 Å². The average molecular weight is 250 g/mol. The van der Waals surface area contributed by atoms with Crippen molar-refractivity contribution in [3.8, 4) is 0 Å². The number of hydrogen-bond donors (Lipinski definition) is 0. The first-order valence-corrected chi connectivity index (χ1v) is 6.31. The van der Waals surface area contributed by atoms with Crippen molar-refractivity contribution in [3.63, 3.8) is 0 Å². The summed E-state index contributed by atoms with van der Waals surface area (Å²) in [7, 11) is 0. The summed E-state index contributed by atoms with van der Waals surface area (Å²) >= 11 is 0. The van der Waals surface area contributed by atoms with Crippen LogP contribution in [-0.2, 0) is 4.74 Å². The number of benzene rings is 1. The zero-order chi connectivity index (χ0) is 13.0. The monoisotopic (exact) mass is 250 g/mol. The van der Waals surface area contributed by atoms with E-state index in [4.69, 9.17) is 4.74 Å². The Morgan fingerprint density at radius 3 is 2.78 bits per heavy atom. The van der Waals surface area contributed by atoms with Crippen molar-refractivity contribution in [1.82, 2.24) is 0 Å². The molecule has 1 saturated heterocycles. The van der Waals surface area contributed by atoms with E-state index in [0.29, 0.717) is 0 Å². The van der Waals surface area contributed by atoms with Gasteiger partial charge in [-0.05, 0) is 31.9 Å². The van der Waals surface area contributed by atoms with Crippen molar-refractivity contribution in [1.29, 1.82) is 0 Å². The van der Waals surface area contributed by atoms with Gasteiger partial charge in [0.2, 0.25) is 0 Å². The van der Waals surface area contributed by atoms with Crippen molar-refractivity contribution >= 4 is 11.4 Å². The molecule has 1 aliphatic rings. The summed E-state index contributed by atoms with van der Waals surface area (Å²) in [5.41, 5.74) is 1.17. The second-order valence-electron chi connectivity index (χ2n) is 4.44. The average Bonchev–Trinajstić information content (AvgIpc) is 2.39. The summed E-state index contributed by atoms with van der Waals surface area (Å²) in [4.78, 5) is 12.5. The van der Waals surface area contributed by atoms with Gasteiger partial charge < -0.3 is 9.64 Å². The number of nitro groups is 1. The Morgan fingerprint density at radius 1 is 1.44 bits per heavy atom. The number of rotatable bonds is 4. The van der Waals surface area contributed by atoms with Crippen LogP contribution in [0.1, 0.15) is 19.8 Å². The first-order chi connectivity index (χ1) is 8.70. The molecule has 0 spiro atoms. The highest BCUT2D eigenvalue weighted by molar-refractivity contribution is 5.51. The summed E-state index contributed by atoms with van der Waals surface area (Å²) in [6.45, 7) is 4.59. The lowest BCUT2D eigenvalue weighted by molar-refractivity contribution is -0.384. The maximum Gasteiger partial charge on any atom is 0.269 e.